The molecule has 2 aromatic carbocycles. The normalized spacial score (nSPS) is 12.4. The fraction of sp³-hybridized carbons (Fsp3) is 0.381. The van der Waals surface area contributed by atoms with Gasteiger partial charge >= 0.3 is 0 Å². The third-order valence-electron chi connectivity index (χ3n) is 4.31. The molecule has 0 aliphatic rings. The lowest BCUT2D eigenvalue weighted by molar-refractivity contribution is 0.102. The van der Waals surface area contributed by atoms with Gasteiger partial charge in [-0.15, -0.1) is 0 Å². The van der Waals surface area contributed by atoms with E-state index in [2.05, 4.69) is 10.0 Å². The molecular weight excluding hydrogens is 376 g/mol. The van der Waals surface area contributed by atoms with Crippen molar-refractivity contribution < 1.29 is 17.9 Å². The maximum absolute atomic E-state index is 12.5. The van der Waals surface area contributed by atoms with Gasteiger partial charge in [-0.3, -0.25) is 4.79 Å². The van der Waals surface area contributed by atoms with Crippen LogP contribution in [0.1, 0.15) is 49.5 Å². The summed E-state index contributed by atoms with van der Waals surface area (Å²) < 4.78 is 32.8. The fourth-order valence-corrected chi connectivity index (χ4v) is 3.81. The summed E-state index contributed by atoms with van der Waals surface area (Å²) >= 11 is 0. The van der Waals surface area contributed by atoms with Crippen LogP contribution in [0.15, 0.2) is 47.4 Å². The molecule has 0 aliphatic heterocycles. The van der Waals surface area contributed by atoms with Crippen LogP contribution in [0.5, 0.6) is 5.75 Å². The maximum atomic E-state index is 12.5. The third-order valence-corrected chi connectivity index (χ3v) is 5.92. The van der Waals surface area contributed by atoms with Crippen molar-refractivity contribution in [2.75, 3.05) is 11.9 Å². The summed E-state index contributed by atoms with van der Waals surface area (Å²) in [7, 11) is -3.59. The highest BCUT2D eigenvalue weighted by molar-refractivity contribution is 7.89. The van der Waals surface area contributed by atoms with Gasteiger partial charge in [-0.1, -0.05) is 13.8 Å². The van der Waals surface area contributed by atoms with Crippen molar-refractivity contribution in [1.82, 2.24) is 4.72 Å². The van der Waals surface area contributed by atoms with E-state index in [1.165, 1.54) is 24.3 Å². The molecule has 28 heavy (non-hydrogen) atoms. The van der Waals surface area contributed by atoms with Crippen LogP contribution in [0.2, 0.25) is 0 Å². The maximum Gasteiger partial charge on any atom is 0.255 e. The molecule has 0 aliphatic carbocycles. The molecule has 1 unspecified atom stereocenters. The minimum Gasteiger partial charge on any atom is -0.494 e. The van der Waals surface area contributed by atoms with Crippen molar-refractivity contribution in [3.05, 3.63) is 53.6 Å². The average molecular weight is 405 g/mol. The monoisotopic (exact) mass is 404 g/mol. The summed E-state index contributed by atoms with van der Waals surface area (Å²) in [5, 5.41) is 2.85. The molecule has 0 saturated carbocycles. The minimum atomic E-state index is -3.59. The Morgan fingerprint density at radius 2 is 1.79 bits per heavy atom. The van der Waals surface area contributed by atoms with Gasteiger partial charge in [0, 0.05) is 17.3 Å². The average Bonchev–Trinajstić information content (AvgIpc) is 2.67. The number of amides is 1. The Kier molecular flexibility index (Phi) is 7.60. The van der Waals surface area contributed by atoms with Gasteiger partial charge in [-0.25, -0.2) is 13.1 Å². The Balaban J connectivity index is 2.09. The van der Waals surface area contributed by atoms with Crippen LogP contribution in [0, 0.1) is 6.92 Å². The Morgan fingerprint density at radius 3 is 2.36 bits per heavy atom. The van der Waals surface area contributed by atoms with Gasteiger partial charge in [-0.05, 0) is 74.7 Å². The van der Waals surface area contributed by atoms with Gasteiger partial charge in [0.05, 0.1) is 11.5 Å². The quantitative estimate of drug-likeness (QED) is 0.659. The highest BCUT2D eigenvalue weighted by Gasteiger charge is 2.17. The molecule has 0 spiro atoms. The van der Waals surface area contributed by atoms with E-state index in [1.54, 1.807) is 13.0 Å². The zero-order valence-electron chi connectivity index (χ0n) is 16.8. The first-order chi connectivity index (χ1) is 13.3. The smallest absolute Gasteiger partial charge is 0.255 e. The summed E-state index contributed by atoms with van der Waals surface area (Å²) in [4.78, 5) is 12.6. The summed E-state index contributed by atoms with van der Waals surface area (Å²) in [6.45, 7) is 8.29. The number of benzene rings is 2. The van der Waals surface area contributed by atoms with Gasteiger partial charge in [-0.2, -0.15) is 0 Å². The second-order valence-electron chi connectivity index (χ2n) is 6.73. The molecule has 1 atom stereocenters. The van der Waals surface area contributed by atoms with Crippen LogP contribution in [0.25, 0.3) is 0 Å². The first kappa shape index (κ1) is 21.9. The van der Waals surface area contributed by atoms with E-state index in [0.29, 0.717) is 24.3 Å². The molecule has 1 amide bonds. The first-order valence-electron chi connectivity index (χ1n) is 9.44. The number of anilines is 1. The summed E-state index contributed by atoms with van der Waals surface area (Å²) in [6.07, 6.45) is 1.62. The molecule has 7 heteroatoms. The molecule has 6 nitrogen and oxygen atoms in total. The fourth-order valence-electron chi connectivity index (χ4n) is 2.48. The van der Waals surface area contributed by atoms with Crippen LogP contribution in [0.3, 0.4) is 0 Å². The van der Waals surface area contributed by atoms with Gasteiger partial charge in [0.25, 0.3) is 5.91 Å². The van der Waals surface area contributed by atoms with E-state index in [9.17, 15) is 13.2 Å². The number of sulfonamides is 1. The lowest BCUT2D eigenvalue weighted by Crippen LogP contribution is -2.32. The van der Waals surface area contributed by atoms with E-state index in [-0.39, 0.29) is 16.8 Å². The lowest BCUT2D eigenvalue weighted by atomic mass is 10.1. The summed E-state index contributed by atoms with van der Waals surface area (Å²) in [5.74, 6) is 0.463. The lowest BCUT2D eigenvalue weighted by Gasteiger charge is -2.13. The number of hydrogen-bond acceptors (Lipinski definition) is 4. The highest BCUT2D eigenvalue weighted by atomic mass is 32.2. The van der Waals surface area contributed by atoms with E-state index >= 15 is 0 Å². The number of hydrogen-bond donors (Lipinski definition) is 2. The molecule has 0 aromatic heterocycles. The second-order valence-corrected chi connectivity index (χ2v) is 8.45. The SMILES string of the molecule is CCCOc1ccc(NC(=O)c2ccc(S(=O)(=O)NC(C)CC)cc2)c(C)c1. The van der Waals surface area contributed by atoms with Crippen LogP contribution in [-0.4, -0.2) is 27.0 Å². The Morgan fingerprint density at radius 1 is 1.11 bits per heavy atom. The van der Waals surface area contributed by atoms with Crippen LogP contribution < -0.4 is 14.8 Å². The zero-order chi connectivity index (χ0) is 20.7. The van der Waals surface area contributed by atoms with Gasteiger partial charge in [0.15, 0.2) is 0 Å². The van der Waals surface area contributed by atoms with Crippen LogP contribution >= 0.6 is 0 Å². The van der Waals surface area contributed by atoms with Crippen molar-refractivity contribution in [3.8, 4) is 5.75 Å². The Bertz CT molecular complexity index is 909. The molecule has 0 bridgehead atoms. The highest BCUT2D eigenvalue weighted by Crippen LogP contribution is 2.22. The number of aryl methyl sites for hydroxylation is 1. The van der Waals surface area contributed by atoms with Crippen molar-refractivity contribution in [1.29, 1.82) is 0 Å². The van der Waals surface area contributed by atoms with Crippen molar-refractivity contribution in [3.63, 3.8) is 0 Å². The van der Waals surface area contributed by atoms with E-state index in [4.69, 9.17) is 4.74 Å². The van der Waals surface area contributed by atoms with Gasteiger partial charge in [0.2, 0.25) is 10.0 Å². The van der Waals surface area contributed by atoms with Gasteiger partial charge in [0.1, 0.15) is 5.75 Å². The third kappa shape index (κ3) is 5.81. The largest absolute Gasteiger partial charge is 0.494 e. The molecule has 0 radical (unpaired) electrons. The number of ether oxygens (including phenoxy) is 1. The predicted octanol–water partition coefficient (Wildman–Crippen LogP) is 4.11. The minimum absolute atomic E-state index is 0.137. The molecule has 152 valence electrons. The van der Waals surface area contributed by atoms with E-state index in [1.807, 2.05) is 32.9 Å². The molecular formula is C21H28N2O4S. The molecule has 0 saturated heterocycles. The second kappa shape index (κ2) is 9.71. The Hall–Kier alpha value is -2.38. The van der Waals surface area contributed by atoms with E-state index in [0.717, 1.165) is 17.7 Å². The number of nitrogens with one attached hydrogen (secondary N) is 2. The summed E-state index contributed by atoms with van der Waals surface area (Å²) in [6, 6.07) is 11.2. The van der Waals surface area contributed by atoms with Crippen molar-refractivity contribution >= 4 is 21.6 Å². The van der Waals surface area contributed by atoms with Crippen LogP contribution in [-0.2, 0) is 10.0 Å². The first-order valence-corrected chi connectivity index (χ1v) is 10.9. The zero-order valence-corrected chi connectivity index (χ0v) is 17.6. The van der Waals surface area contributed by atoms with E-state index < -0.39 is 10.0 Å². The van der Waals surface area contributed by atoms with Crippen molar-refractivity contribution in [2.24, 2.45) is 0 Å². The molecule has 2 rings (SSSR count). The standard InChI is InChI=1S/C21H28N2O4S/c1-5-13-27-18-9-12-20(15(3)14-18)22-21(24)17-7-10-19(11-8-17)28(25,26)23-16(4)6-2/h7-12,14,16,23H,5-6,13H2,1-4H3,(H,22,24). The Labute approximate surface area is 167 Å². The van der Waals surface area contributed by atoms with Crippen LogP contribution in [0.4, 0.5) is 5.69 Å². The number of carbonyl (C=O) groups excluding carboxylic acids is 1. The number of rotatable bonds is 9. The molecule has 0 heterocycles. The molecule has 2 N–H and O–H groups in total. The molecule has 0 fully saturated rings. The number of carbonyl (C=O) groups is 1. The predicted molar refractivity (Wildman–Crippen MR) is 111 cm³/mol. The summed E-state index contributed by atoms with van der Waals surface area (Å²) in [5.41, 5.74) is 1.95. The van der Waals surface area contributed by atoms with Gasteiger partial charge < -0.3 is 10.1 Å². The topological polar surface area (TPSA) is 84.5 Å². The van der Waals surface area contributed by atoms with Crippen molar-refractivity contribution in [2.45, 2.75) is 51.5 Å². The molecule has 2 aromatic rings.